The van der Waals surface area contributed by atoms with Gasteiger partial charge in [0.2, 0.25) is 0 Å². The first-order chi connectivity index (χ1) is 17.3. The van der Waals surface area contributed by atoms with E-state index < -0.39 is 22.2 Å². The molecule has 0 aliphatic rings. The van der Waals surface area contributed by atoms with Gasteiger partial charge in [-0.3, -0.25) is 4.31 Å². The molecule has 3 aromatic carbocycles. The molecule has 1 atom stereocenters. The minimum atomic E-state index is -3.89. The number of aryl methyl sites for hydroxylation is 1. The van der Waals surface area contributed by atoms with Crippen molar-refractivity contribution in [1.82, 2.24) is 4.90 Å². The second kappa shape index (κ2) is 12.2. The first kappa shape index (κ1) is 26.8. The standard InChI is InChI=1S/C29H32N2O4S/c1-5-12-27(30(4)29(32)35-22-24-13-8-7-9-14-24)26-15-10-11-16-28(26)31(21-6-2)36(33,34)25-19-17-23(3)18-20-25/h5-11,13-20,27H,1-2,12,21-22H2,3-4H3. The molecule has 0 aliphatic heterocycles. The number of rotatable bonds is 11. The summed E-state index contributed by atoms with van der Waals surface area (Å²) in [6, 6.07) is 22.8. The fourth-order valence-electron chi connectivity index (χ4n) is 3.88. The van der Waals surface area contributed by atoms with E-state index in [2.05, 4.69) is 13.2 Å². The summed E-state index contributed by atoms with van der Waals surface area (Å²) < 4.78 is 34.2. The second-order valence-corrected chi connectivity index (χ2v) is 10.3. The van der Waals surface area contributed by atoms with Gasteiger partial charge in [-0.15, -0.1) is 13.2 Å². The second-order valence-electron chi connectivity index (χ2n) is 8.39. The van der Waals surface area contributed by atoms with Gasteiger partial charge in [-0.1, -0.05) is 78.4 Å². The molecule has 1 amide bonds. The Bertz CT molecular complexity index is 1290. The predicted octanol–water partition coefficient (Wildman–Crippen LogP) is 6.26. The van der Waals surface area contributed by atoms with Crippen LogP contribution in [0.3, 0.4) is 0 Å². The van der Waals surface area contributed by atoms with Gasteiger partial charge in [0.25, 0.3) is 10.0 Å². The number of ether oxygens (including phenoxy) is 1. The Morgan fingerprint density at radius 1 is 0.944 bits per heavy atom. The molecule has 3 rings (SSSR count). The number of hydrogen-bond donors (Lipinski definition) is 0. The molecule has 0 saturated heterocycles. The van der Waals surface area contributed by atoms with Crippen LogP contribution >= 0.6 is 0 Å². The third-order valence-electron chi connectivity index (χ3n) is 5.82. The lowest BCUT2D eigenvalue weighted by molar-refractivity contribution is 0.0912. The van der Waals surface area contributed by atoms with Crippen LogP contribution in [0.25, 0.3) is 0 Å². The highest BCUT2D eigenvalue weighted by Gasteiger charge is 2.30. The topological polar surface area (TPSA) is 66.9 Å². The monoisotopic (exact) mass is 504 g/mol. The molecule has 7 heteroatoms. The summed E-state index contributed by atoms with van der Waals surface area (Å²) in [4.78, 5) is 14.6. The number of anilines is 1. The lowest BCUT2D eigenvalue weighted by Gasteiger charge is -2.32. The van der Waals surface area contributed by atoms with Gasteiger partial charge < -0.3 is 9.64 Å². The van der Waals surface area contributed by atoms with Crippen molar-refractivity contribution in [3.63, 3.8) is 0 Å². The van der Waals surface area contributed by atoms with Gasteiger partial charge >= 0.3 is 6.09 Å². The third kappa shape index (κ3) is 6.23. The van der Waals surface area contributed by atoms with E-state index in [1.54, 1.807) is 55.6 Å². The molecule has 0 heterocycles. The predicted molar refractivity (Wildman–Crippen MR) is 144 cm³/mol. The first-order valence-corrected chi connectivity index (χ1v) is 13.1. The van der Waals surface area contributed by atoms with Crippen LogP contribution in [0.1, 0.15) is 29.2 Å². The van der Waals surface area contributed by atoms with Crippen molar-refractivity contribution in [3.05, 3.63) is 121 Å². The fraction of sp³-hybridized carbons (Fsp3) is 0.207. The van der Waals surface area contributed by atoms with Gasteiger partial charge in [0.15, 0.2) is 0 Å². The van der Waals surface area contributed by atoms with Gasteiger partial charge in [0.1, 0.15) is 6.61 Å². The first-order valence-electron chi connectivity index (χ1n) is 11.6. The summed E-state index contributed by atoms with van der Waals surface area (Å²) in [6.45, 7) is 9.72. The van der Waals surface area contributed by atoms with E-state index in [0.717, 1.165) is 11.1 Å². The molecule has 0 fully saturated rings. The van der Waals surface area contributed by atoms with Crippen LogP contribution in [-0.4, -0.2) is 33.0 Å². The number of hydrogen-bond acceptors (Lipinski definition) is 4. The molecule has 0 saturated carbocycles. The van der Waals surface area contributed by atoms with Crippen molar-refractivity contribution in [3.8, 4) is 0 Å². The average molecular weight is 505 g/mol. The van der Waals surface area contributed by atoms with Crippen LogP contribution in [-0.2, 0) is 21.4 Å². The summed E-state index contributed by atoms with van der Waals surface area (Å²) in [7, 11) is -2.25. The quantitative estimate of drug-likeness (QED) is 0.289. The number of sulfonamides is 1. The van der Waals surface area contributed by atoms with Crippen LogP contribution in [0, 0.1) is 6.92 Å². The molecule has 0 radical (unpaired) electrons. The molecule has 0 aliphatic carbocycles. The maximum absolute atomic E-state index is 13.7. The molecular weight excluding hydrogens is 472 g/mol. The lowest BCUT2D eigenvalue weighted by atomic mass is 10.0. The van der Waals surface area contributed by atoms with Crippen molar-refractivity contribution in [2.45, 2.75) is 30.9 Å². The van der Waals surface area contributed by atoms with Gasteiger partial charge in [-0.05, 0) is 42.7 Å². The minimum Gasteiger partial charge on any atom is -0.445 e. The number of carbonyl (C=O) groups is 1. The molecule has 36 heavy (non-hydrogen) atoms. The summed E-state index contributed by atoms with van der Waals surface area (Å²) in [5, 5.41) is 0. The normalized spacial score (nSPS) is 11.8. The molecule has 0 aromatic heterocycles. The van der Waals surface area contributed by atoms with Crippen molar-refractivity contribution < 1.29 is 17.9 Å². The van der Waals surface area contributed by atoms with Crippen molar-refractivity contribution in [2.75, 3.05) is 17.9 Å². The lowest BCUT2D eigenvalue weighted by Crippen LogP contribution is -2.35. The molecule has 0 spiro atoms. The Balaban J connectivity index is 1.97. The Labute approximate surface area is 214 Å². The summed E-state index contributed by atoms with van der Waals surface area (Å²) >= 11 is 0. The zero-order valence-corrected chi connectivity index (χ0v) is 21.5. The summed E-state index contributed by atoms with van der Waals surface area (Å²) in [5.41, 5.74) is 2.97. The Hall–Kier alpha value is -3.84. The number of benzene rings is 3. The summed E-state index contributed by atoms with van der Waals surface area (Å²) in [5.74, 6) is 0. The maximum atomic E-state index is 13.7. The van der Waals surface area contributed by atoms with Gasteiger partial charge in [-0.2, -0.15) is 0 Å². The van der Waals surface area contributed by atoms with Gasteiger partial charge in [-0.25, -0.2) is 13.2 Å². The van der Waals surface area contributed by atoms with Gasteiger partial charge in [0.05, 0.1) is 23.2 Å². The van der Waals surface area contributed by atoms with Crippen LogP contribution in [0.2, 0.25) is 0 Å². The highest BCUT2D eigenvalue weighted by atomic mass is 32.2. The molecule has 6 nitrogen and oxygen atoms in total. The van der Waals surface area contributed by atoms with Crippen LogP contribution in [0.4, 0.5) is 10.5 Å². The average Bonchev–Trinajstić information content (AvgIpc) is 2.89. The van der Waals surface area contributed by atoms with E-state index in [-0.39, 0.29) is 18.0 Å². The van der Waals surface area contributed by atoms with Crippen LogP contribution in [0.5, 0.6) is 0 Å². The number of para-hydroxylation sites is 1. The smallest absolute Gasteiger partial charge is 0.410 e. The van der Waals surface area contributed by atoms with Crippen LogP contribution in [0.15, 0.2) is 109 Å². The molecule has 3 aromatic rings. The van der Waals surface area contributed by atoms with Gasteiger partial charge in [0, 0.05) is 7.05 Å². The highest BCUT2D eigenvalue weighted by Crippen LogP contribution is 2.35. The Morgan fingerprint density at radius 2 is 1.58 bits per heavy atom. The van der Waals surface area contributed by atoms with Crippen molar-refractivity contribution in [2.24, 2.45) is 0 Å². The minimum absolute atomic E-state index is 0.0657. The third-order valence-corrected chi connectivity index (χ3v) is 7.61. The summed E-state index contributed by atoms with van der Waals surface area (Å²) in [6.07, 6.45) is 3.13. The van der Waals surface area contributed by atoms with E-state index in [1.165, 1.54) is 9.21 Å². The van der Waals surface area contributed by atoms with E-state index in [4.69, 9.17) is 4.74 Å². The Morgan fingerprint density at radius 3 is 2.22 bits per heavy atom. The highest BCUT2D eigenvalue weighted by molar-refractivity contribution is 7.92. The van der Waals surface area contributed by atoms with E-state index >= 15 is 0 Å². The number of amides is 1. The molecule has 1 unspecified atom stereocenters. The molecule has 0 bridgehead atoms. The number of carbonyl (C=O) groups excluding carboxylic acids is 1. The fourth-order valence-corrected chi connectivity index (χ4v) is 5.34. The molecule has 188 valence electrons. The zero-order chi connectivity index (χ0) is 26.1. The molecular formula is C29H32N2O4S. The van der Waals surface area contributed by atoms with Crippen molar-refractivity contribution >= 4 is 21.8 Å². The molecule has 0 N–H and O–H groups in total. The van der Waals surface area contributed by atoms with Crippen molar-refractivity contribution in [1.29, 1.82) is 0 Å². The van der Waals surface area contributed by atoms with Crippen LogP contribution < -0.4 is 4.31 Å². The van der Waals surface area contributed by atoms with E-state index in [1.807, 2.05) is 49.4 Å². The Kier molecular flexibility index (Phi) is 9.08. The maximum Gasteiger partial charge on any atom is 0.410 e. The largest absolute Gasteiger partial charge is 0.445 e. The van der Waals surface area contributed by atoms with E-state index in [9.17, 15) is 13.2 Å². The zero-order valence-electron chi connectivity index (χ0n) is 20.7. The number of nitrogens with zero attached hydrogens (tertiary/aromatic N) is 2. The van der Waals surface area contributed by atoms with E-state index in [0.29, 0.717) is 17.7 Å². The SMILES string of the molecule is C=CCC(c1ccccc1N(CC=C)S(=O)(=O)c1ccc(C)cc1)N(C)C(=O)OCc1ccccc1.